The second kappa shape index (κ2) is 7.29. The minimum Gasteiger partial charge on any atom is -0.126 e. The second-order valence-corrected chi connectivity index (χ2v) is 10.5. The predicted octanol–water partition coefficient (Wildman–Crippen LogP) is 5.75. The largest absolute Gasteiger partial charge is 0.138 e. The topological polar surface area (TPSA) is 0 Å². The van der Waals surface area contributed by atoms with Gasteiger partial charge in [-0.15, -0.1) is 5.54 Å². The van der Waals surface area contributed by atoms with Crippen LogP contribution < -0.4 is 0 Å². The molecule has 0 fully saturated rings. The van der Waals surface area contributed by atoms with E-state index in [2.05, 4.69) is 80.8 Å². The van der Waals surface area contributed by atoms with E-state index in [1.54, 1.807) is 0 Å². The Morgan fingerprint density at radius 2 is 1.24 bits per heavy atom. The van der Waals surface area contributed by atoms with Crippen molar-refractivity contribution in [3.8, 4) is 22.6 Å². The molecule has 0 bridgehead atoms. The SMILES string of the molecule is CC[Si](C#Cc1ccc(-c2ccccc2)cc1)(CC)CC. The number of benzene rings is 2. The summed E-state index contributed by atoms with van der Waals surface area (Å²) in [6, 6.07) is 22.9. The van der Waals surface area contributed by atoms with Gasteiger partial charge in [-0.05, 0) is 41.4 Å². The monoisotopic (exact) mass is 292 g/mol. The minimum absolute atomic E-state index is 1.14. The molecule has 0 aliphatic heterocycles. The lowest BCUT2D eigenvalue weighted by Crippen LogP contribution is -2.29. The molecular weight excluding hydrogens is 268 g/mol. The average Bonchev–Trinajstić information content (AvgIpc) is 2.58. The van der Waals surface area contributed by atoms with Crippen molar-refractivity contribution in [3.05, 3.63) is 60.2 Å². The Hall–Kier alpha value is -1.78. The third kappa shape index (κ3) is 3.86. The van der Waals surface area contributed by atoms with Gasteiger partial charge in [-0.25, -0.2) is 0 Å². The van der Waals surface area contributed by atoms with Gasteiger partial charge in [0.05, 0.1) is 0 Å². The van der Waals surface area contributed by atoms with Gasteiger partial charge in [0.2, 0.25) is 0 Å². The molecule has 0 unspecified atom stereocenters. The highest BCUT2D eigenvalue weighted by Crippen LogP contribution is 2.21. The molecule has 0 N–H and O–H groups in total. The van der Waals surface area contributed by atoms with Crippen molar-refractivity contribution in [2.45, 2.75) is 38.9 Å². The van der Waals surface area contributed by atoms with Crippen LogP contribution in [0.1, 0.15) is 26.3 Å². The summed E-state index contributed by atoms with van der Waals surface area (Å²) in [5.74, 6) is 3.43. The Morgan fingerprint density at radius 3 is 1.76 bits per heavy atom. The Balaban J connectivity index is 2.21. The number of hydrogen-bond donors (Lipinski definition) is 0. The van der Waals surface area contributed by atoms with Crippen LogP contribution in [-0.2, 0) is 0 Å². The normalized spacial score (nSPS) is 10.8. The van der Waals surface area contributed by atoms with Crippen LogP contribution in [0.2, 0.25) is 18.1 Å². The van der Waals surface area contributed by atoms with Crippen molar-refractivity contribution in [1.29, 1.82) is 0 Å². The van der Waals surface area contributed by atoms with Gasteiger partial charge >= 0.3 is 0 Å². The maximum Gasteiger partial charge on any atom is 0.138 e. The van der Waals surface area contributed by atoms with Gasteiger partial charge in [-0.2, -0.15) is 0 Å². The first kappa shape index (κ1) is 15.6. The quantitative estimate of drug-likeness (QED) is 0.497. The standard InChI is InChI=1S/C20H24Si/c1-4-21(5-2,6-3)17-16-18-12-14-20(15-13-18)19-10-8-7-9-11-19/h7-15H,4-6H2,1-3H3. The maximum absolute atomic E-state index is 3.65. The fourth-order valence-corrected chi connectivity index (χ4v) is 5.04. The predicted molar refractivity (Wildman–Crippen MR) is 96.0 cm³/mol. The van der Waals surface area contributed by atoms with E-state index in [9.17, 15) is 0 Å². The second-order valence-electron chi connectivity index (χ2n) is 5.53. The lowest BCUT2D eigenvalue weighted by atomic mass is 10.0. The van der Waals surface area contributed by atoms with E-state index in [4.69, 9.17) is 0 Å². The van der Waals surface area contributed by atoms with Crippen LogP contribution in [0.5, 0.6) is 0 Å². The summed E-state index contributed by atoms with van der Waals surface area (Å²) in [7, 11) is -1.34. The molecular formula is C20H24Si. The maximum atomic E-state index is 3.65. The zero-order chi connectivity index (χ0) is 15.1. The fourth-order valence-electron chi connectivity index (χ4n) is 2.60. The van der Waals surface area contributed by atoms with E-state index in [1.807, 2.05) is 6.07 Å². The van der Waals surface area contributed by atoms with Gasteiger partial charge in [-0.3, -0.25) is 0 Å². The summed E-state index contributed by atoms with van der Waals surface area (Å²) >= 11 is 0. The van der Waals surface area contributed by atoms with E-state index >= 15 is 0 Å². The first-order chi connectivity index (χ1) is 10.2. The summed E-state index contributed by atoms with van der Waals surface area (Å²) in [5.41, 5.74) is 7.30. The molecule has 2 aromatic carbocycles. The van der Waals surface area contributed by atoms with E-state index in [-0.39, 0.29) is 0 Å². The van der Waals surface area contributed by atoms with Gasteiger partial charge in [0.15, 0.2) is 0 Å². The van der Waals surface area contributed by atoms with Crippen LogP contribution in [0.3, 0.4) is 0 Å². The zero-order valence-corrected chi connectivity index (χ0v) is 14.3. The molecule has 108 valence electrons. The van der Waals surface area contributed by atoms with Crippen LogP contribution in [0.4, 0.5) is 0 Å². The Morgan fingerprint density at radius 1 is 0.714 bits per heavy atom. The molecule has 2 rings (SSSR count). The van der Waals surface area contributed by atoms with Crippen molar-refractivity contribution in [2.24, 2.45) is 0 Å². The number of rotatable bonds is 4. The lowest BCUT2D eigenvalue weighted by Gasteiger charge is -2.19. The van der Waals surface area contributed by atoms with E-state index in [1.165, 1.54) is 29.3 Å². The Bertz CT molecular complexity index is 602. The molecule has 0 saturated heterocycles. The van der Waals surface area contributed by atoms with Crippen LogP contribution >= 0.6 is 0 Å². The summed E-state index contributed by atoms with van der Waals surface area (Å²) in [5, 5.41) is 0. The molecule has 0 nitrogen and oxygen atoms in total. The zero-order valence-electron chi connectivity index (χ0n) is 13.3. The van der Waals surface area contributed by atoms with Gasteiger partial charge in [-0.1, -0.05) is 69.2 Å². The minimum atomic E-state index is -1.34. The summed E-state index contributed by atoms with van der Waals surface area (Å²) in [4.78, 5) is 0. The molecule has 21 heavy (non-hydrogen) atoms. The van der Waals surface area contributed by atoms with E-state index in [0.717, 1.165) is 5.56 Å². The van der Waals surface area contributed by atoms with Gasteiger partial charge in [0, 0.05) is 5.56 Å². The molecule has 0 radical (unpaired) electrons. The molecule has 0 aromatic heterocycles. The van der Waals surface area contributed by atoms with E-state index in [0.29, 0.717) is 0 Å². The average molecular weight is 292 g/mol. The molecule has 0 amide bonds. The van der Waals surface area contributed by atoms with Crippen LogP contribution in [0.25, 0.3) is 11.1 Å². The van der Waals surface area contributed by atoms with E-state index < -0.39 is 8.07 Å². The van der Waals surface area contributed by atoms with Crippen molar-refractivity contribution >= 4 is 8.07 Å². The lowest BCUT2D eigenvalue weighted by molar-refractivity contribution is 1.20. The molecule has 0 aliphatic rings. The molecule has 2 aromatic rings. The fraction of sp³-hybridized carbons (Fsp3) is 0.300. The number of hydrogen-bond acceptors (Lipinski definition) is 0. The highest BCUT2D eigenvalue weighted by Gasteiger charge is 2.23. The third-order valence-electron chi connectivity index (χ3n) is 4.49. The van der Waals surface area contributed by atoms with Gasteiger partial charge in [0.25, 0.3) is 0 Å². The Labute approximate surface area is 130 Å². The highest BCUT2D eigenvalue weighted by atomic mass is 28.3. The van der Waals surface area contributed by atoms with Crippen LogP contribution in [-0.4, -0.2) is 8.07 Å². The summed E-state index contributed by atoms with van der Waals surface area (Å²) in [6.07, 6.45) is 0. The van der Waals surface area contributed by atoms with Crippen LogP contribution in [0.15, 0.2) is 54.6 Å². The van der Waals surface area contributed by atoms with Crippen molar-refractivity contribution in [1.82, 2.24) is 0 Å². The van der Waals surface area contributed by atoms with Crippen molar-refractivity contribution < 1.29 is 0 Å². The highest BCUT2D eigenvalue weighted by molar-refractivity contribution is 6.87. The van der Waals surface area contributed by atoms with Crippen molar-refractivity contribution in [2.75, 3.05) is 0 Å². The third-order valence-corrected chi connectivity index (χ3v) is 9.21. The molecule has 1 heteroatoms. The summed E-state index contributed by atoms with van der Waals surface area (Å²) < 4.78 is 0. The van der Waals surface area contributed by atoms with Gasteiger partial charge in [0.1, 0.15) is 8.07 Å². The Kier molecular flexibility index (Phi) is 5.42. The van der Waals surface area contributed by atoms with Gasteiger partial charge < -0.3 is 0 Å². The van der Waals surface area contributed by atoms with Crippen molar-refractivity contribution in [3.63, 3.8) is 0 Å². The smallest absolute Gasteiger partial charge is 0.126 e. The molecule has 0 atom stereocenters. The molecule has 0 heterocycles. The molecule has 0 aliphatic carbocycles. The van der Waals surface area contributed by atoms with Crippen LogP contribution in [0, 0.1) is 11.5 Å². The summed E-state index contributed by atoms with van der Waals surface area (Å²) in [6.45, 7) is 6.89. The molecule has 0 spiro atoms. The molecule has 0 saturated carbocycles. The first-order valence-corrected chi connectivity index (χ1v) is 10.5. The first-order valence-electron chi connectivity index (χ1n) is 7.91.